The van der Waals surface area contributed by atoms with Gasteiger partial charge < -0.3 is 15.0 Å². The van der Waals surface area contributed by atoms with E-state index in [1.807, 2.05) is 39.5 Å². The monoisotopic (exact) mass is 312 g/mol. The summed E-state index contributed by atoms with van der Waals surface area (Å²) in [7, 11) is 0. The summed E-state index contributed by atoms with van der Waals surface area (Å²) in [5, 5.41) is 3.66. The van der Waals surface area contributed by atoms with Crippen LogP contribution in [0.4, 0.5) is 4.79 Å². The third kappa shape index (κ3) is 6.15. The Labute approximate surface area is 137 Å². The Kier molecular flexibility index (Phi) is 7.17. The minimum absolute atomic E-state index is 0.152. The quantitative estimate of drug-likeness (QED) is 0.833. The van der Waals surface area contributed by atoms with Crippen molar-refractivity contribution < 1.29 is 9.53 Å². The van der Waals surface area contributed by atoms with Crippen molar-refractivity contribution in [2.24, 2.45) is 11.8 Å². The molecule has 0 heterocycles. The number of rotatable bonds is 5. The van der Waals surface area contributed by atoms with E-state index in [0.717, 1.165) is 12.5 Å². The average molecular weight is 312 g/mol. The van der Waals surface area contributed by atoms with Crippen LogP contribution in [0.25, 0.3) is 0 Å². The highest BCUT2D eigenvalue weighted by molar-refractivity contribution is 5.68. The third-order valence-corrected chi connectivity index (χ3v) is 4.72. The summed E-state index contributed by atoms with van der Waals surface area (Å²) in [6.07, 6.45) is 3.69. The van der Waals surface area contributed by atoms with Gasteiger partial charge >= 0.3 is 6.09 Å². The Balaban J connectivity index is 2.46. The molecule has 1 amide bonds. The standard InChI is InChI=1S/C18H36N2O2/c1-13(2)20(17(21)22-18(5,6)7)12-11-19-16-10-8-9-14(3)15(16)4/h13-16,19H,8-12H2,1-7H3. The molecular formula is C18H36N2O2. The highest BCUT2D eigenvalue weighted by Gasteiger charge is 2.27. The summed E-state index contributed by atoms with van der Waals surface area (Å²) >= 11 is 0. The van der Waals surface area contributed by atoms with Crippen LogP contribution in [-0.2, 0) is 4.74 Å². The maximum atomic E-state index is 12.3. The van der Waals surface area contributed by atoms with Crippen molar-refractivity contribution in [1.29, 1.82) is 0 Å². The van der Waals surface area contributed by atoms with E-state index in [1.165, 1.54) is 19.3 Å². The van der Waals surface area contributed by atoms with Gasteiger partial charge in [0, 0.05) is 25.2 Å². The van der Waals surface area contributed by atoms with Crippen molar-refractivity contribution in [3.05, 3.63) is 0 Å². The van der Waals surface area contributed by atoms with Gasteiger partial charge in [0.1, 0.15) is 5.60 Å². The van der Waals surface area contributed by atoms with Crippen LogP contribution in [-0.4, -0.2) is 41.8 Å². The number of nitrogens with zero attached hydrogens (tertiary/aromatic N) is 1. The van der Waals surface area contributed by atoms with E-state index in [2.05, 4.69) is 19.2 Å². The molecule has 0 aromatic rings. The predicted octanol–water partition coefficient (Wildman–Crippen LogP) is 4.05. The van der Waals surface area contributed by atoms with E-state index in [0.29, 0.717) is 18.5 Å². The van der Waals surface area contributed by atoms with Crippen molar-refractivity contribution >= 4 is 6.09 Å². The molecule has 4 heteroatoms. The molecule has 1 saturated carbocycles. The first-order valence-electron chi connectivity index (χ1n) is 8.85. The minimum atomic E-state index is -0.440. The fraction of sp³-hybridized carbons (Fsp3) is 0.944. The van der Waals surface area contributed by atoms with Crippen LogP contribution in [0.2, 0.25) is 0 Å². The van der Waals surface area contributed by atoms with Gasteiger partial charge in [0.25, 0.3) is 0 Å². The van der Waals surface area contributed by atoms with E-state index in [4.69, 9.17) is 4.74 Å². The highest BCUT2D eigenvalue weighted by Crippen LogP contribution is 2.29. The predicted molar refractivity (Wildman–Crippen MR) is 92.0 cm³/mol. The second-order valence-corrected chi connectivity index (χ2v) is 8.10. The van der Waals surface area contributed by atoms with Gasteiger partial charge in [-0.1, -0.05) is 26.7 Å². The van der Waals surface area contributed by atoms with Crippen LogP contribution in [0.3, 0.4) is 0 Å². The molecule has 0 aliphatic heterocycles. The van der Waals surface area contributed by atoms with Crippen molar-refractivity contribution in [3.8, 4) is 0 Å². The molecule has 0 spiro atoms. The van der Waals surface area contributed by atoms with Gasteiger partial charge in [0.05, 0.1) is 0 Å². The fourth-order valence-electron chi connectivity index (χ4n) is 3.12. The van der Waals surface area contributed by atoms with Gasteiger partial charge in [-0.25, -0.2) is 4.79 Å². The van der Waals surface area contributed by atoms with Gasteiger partial charge in [0.2, 0.25) is 0 Å². The van der Waals surface area contributed by atoms with Crippen molar-refractivity contribution in [2.45, 2.75) is 85.4 Å². The highest BCUT2D eigenvalue weighted by atomic mass is 16.6. The normalized spacial score (nSPS) is 26.1. The van der Waals surface area contributed by atoms with Crippen LogP contribution in [0.1, 0.15) is 67.7 Å². The zero-order valence-electron chi connectivity index (χ0n) is 15.6. The molecule has 0 bridgehead atoms. The van der Waals surface area contributed by atoms with Crippen LogP contribution in [0, 0.1) is 11.8 Å². The van der Waals surface area contributed by atoms with Crippen molar-refractivity contribution in [1.82, 2.24) is 10.2 Å². The molecule has 0 aromatic carbocycles. The summed E-state index contributed by atoms with van der Waals surface area (Å²) in [5.41, 5.74) is -0.440. The second kappa shape index (κ2) is 8.19. The van der Waals surface area contributed by atoms with Crippen LogP contribution in [0.15, 0.2) is 0 Å². The molecule has 1 fully saturated rings. The first kappa shape index (κ1) is 19.3. The first-order valence-corrected chi connectivity index (χ1v) is 8.85. The molecule has 1 rings (SSSR count). The minimum Gasteiger partial charge on any atom is -0.444 e. The van der Waals surface area contributed by atoms with Crippen molar-refractivity contribution in [2.75, 3.05) is 13.1 Å². The molecule has 0 aromatic heterocycles. The number of carbonyl (C=O) groups excluding carboxylic acids is 1. The summed E-state index contributed by atoms with van der Waals surface area (Å²) in [6.45, 7) is 16.0. The zero-order valence-corrected chi connectivity index (χ0v) is 15.6. The Bertz CT molecular complexity index is 349. The third-order valence-electron chi connectivity index (χ3n) is 4.72. The summed E-state index contributed by atoms with van der Waals surface area (Å²) in [4.78, 5) is 14.1. The molecular weight excluding hydrogens is 276 g/mol. The molecule has 22 heavy (non-hydrogen) atoms. The van der Waals surface area contributed by atoms with E-state index in [9.17, 15) is 4.79 Å². The lowest BCUT2D eigenvalue weighted by Gasteiger charge is -2.36. The Morgan fingerprint density at radius 3 is 2.45 bits per heavy atom. The lowest BCUT2D eigenvalue weighted by Crippen LogP contribution is -2.47. The molecule has 3 atom stereocenters. The Morgan fingerprint density at radius 2 is 1.91 bits per heavy atom. The van der Waals surface area contributed by atoms with Gasteiger partial charge in [-0.15, -0.1) is 0 Å². The molecule has 1 aliphatic rings. The van der Waals surface area contributed by atoms with Crippen LogP contribution in [0.5, 0.6) is 0 Å². The number of carbonyl (C=O) groups is 1. The van der Waals surface area contributed by atoms with Crippen LogP contribution >= 0.6 is 0 Å². The molecule has 1 aliphatic carbocycles. The molecule has 0 radical (unpaired) electrons. The summed E-state index contributed by atoms with van der Waals surface area (Å²) in [6, 6.07) is 0.732. The number of nitrogens with one attached hydrogen (secondary N) is 1. The molecule has 130 valence electrons. The maximum absolute atomic E-state index is 12.3. The van der Waals surface area contributed by atoms with Gasteiger partial charge in [-0.05, 0) is 52.9 Å². The van der Waals surface area contributed by atoms with Gasteiger partial charge in [-0.3, -0.25) is 0 Å². The Morgan fingerprint density at radius 1 is 1.27 bits per heavy atom. The Hall–Kier alpha value is -0.770. The van der Waals surface area contributed by atoms with E-state index in [-0.39, 0.29) is 12.1 Å². The number of hydrogen-bond acceptors (Lipinski definition) is 3. The van der Waals surface area contributed by atoms with E-state index < -0.39 is 5.60 Å². The van der Waals surface area contributed by atoms with E-state index >= 15 is 0 Å². The average Bonchev–Trinajstić information content (AvgIpc) is 2.36. The number of ether oxygens (including phenoxy) is 1. The molecule has 4 nitrogen and oxygen atoms in total. The number of hydrogen-bond donors (Lipinski definition) is 1. The maximum Gasteiger partial charge on any atom is 0.410 e. The summed E-state index contributed by atoms with van der Waals surface area (Å²) in [5.74, 6) is 1.50. The van der Waals surface area contributed by atoms with E-state index in [1.54, 1.807) is 0 Å². The fourth-order valence-corrected chi connectivity index (χ4v) is 3.12. The zero-order chi connectivity index (χ0) is 16.9. The lowest BCUT2D eigenvalue weighted by molar-refractivity contribution is 0.0189. The SMILES string of the molecule is CC1CCCC(NCCN(C(=O)OC(C)(C)C)C(C)C)C1C. The van der Waals surface area contributed by atoms with Gasteiger partial charge in [-0.2, -0.15) is 0 Å². The number of amides is 1. The van der Waals surface area contributed by atoms with Gasteiger partial charge in [0.15, 0.2) is 0 Å². The first-order chi connectivity index (χ1) is 10.1. The molecule has 3 unspecified atom stereocenters. The van der Waals surface area contributed by atoms with Crippen molar-refractivity contribution in [3.63, 3.8) is 0 Å². The topological polar surface area (TPSA) is 41.6 Å². The molecule has 0 saturated heterocycles. The lowest BCUT2D eigenvalue weighted by atomic mass is 9.78. The largest absolute Gasteiger partial charge is 0.444 e. The molecule has 1 N–H and O–H groups in total. The van der Waals surface area contributed by atoms with Crippen LogP contribution < -0.4 is 5.32 Å². The second-order valence-electron chi connectivity index (χ2n) is 8.10. The summed E-state index contributed by atoms with van der Waals surface area (Å²) < 4.78 is 5.50. The smallest absolute Gasteiger partial charge is 0.410 e.